The Morgan fingerprint density at radius 1 is 0.852 bits per heavy atom. The predicted molar refractivity (Wildman–Crippen MR) is 114 cm³/mol. The minimum absolute atomic E-state index is 0.0290. The first-order valence-corrected chi connectivity index (χ1v) is 11.7. The van der Waals surface area contributed by atoms with Crippen molar-refractivity contribution in [2.45, 2.75) is 122 Å². The topological polar surface area (TPSA) is 51.0 Å². The number of unbranched alkanes of at least 4 members (excludes halogenated alkanes) is 13. The third kappa shape index (κ3) is 11.7. The molecular weight excluding hydrogens is 338 g/mol. The van der Waals surface area contributed by atoms with Crippen LogP contribution >= 0.6 is 0 Å². The maximum atomic E-state index is 9.58. The molecule has 0 bridgehead atoms. The molecule has 0 radical (unpaired) electrons. The first-order valence-electron chi connectivity index (χ1n) is 11.7. The molecule has 0 aromatic carbocycles. The van der Waals surface area contributed by atoms with Gasteiger partial charge in [-0.05, 0) is 12.8 Å². The van der Waals surface area contributed by atoms with E-state index >= 15 is 0 Å². The summed E-state index contributed by atoms with van der Waals surface area (Å²) in [5.74, 6) is 0. The maximum Gasteiger partial charge on any atom is 0.188 e. The molecule has 0 spiro atoms. The van der Waals surface area contributed by atoms with Crippen molar-refractivity contribution in [3.05, 3.63) is 0 Å². The van der Waals surface area contributed by atoms with Gasteiger partial charge in [0.15, 0.2) is 5.60 Å². The monoisotopic (exact) mass is 383 g/mol. The summed E-state index contributed by atoms with van der Waals surface area (Å²) in [6.45, 7) is 5.51. The summed E-state index contributed by atoms with van der Waals surface area (Å²) in [5, 5.41) is 13.6. The number of aliphatic hydroxyl groups is 1. The quantitative estimate of drug-likeness (QED) is 0.262. The Morgan fingerprint density at radius 3 is 1.81 bits per heavy atom. The molecule has 0 amide bonds. The molecule has 160 valence electrons. The van der Waals surface area contributed by atoms with E-state index in [1.54, 1.807) is 0 Å². The fraction of sp³-hybridized carbons (Fsp3) is 0.957. The predicted octanol–water partition coefficient (Wildman–Crippen LogP) is 6.40. The van der Waals surface area contributed by atoms with Crippen molar-refractivity contribution in [2.24, 2.45) is 5.16 Å². The van der Waals surface area contributed by atoms with E-state index in [-0.39, 0.29) is 6.61 Å². The molecule has 0 aromatic rings. The fourth-order valence-electron chi connectivity index (χ4n) is 3.65. The average Bonchev–Trinajstić information content (AvgIpc) is 3.12. The number of ether oxygens (including phenoxy) is 1. The van der Waals surface area contributed by atoms with Crippen molar-refractivity contribution in [1.82, 2.24) is 0 Å². The van der Waals surface area contributed by atoms with Crippen molar-refractivity contribution in [3.63, 3.8) is 0 Å². The number of hydrogen-bond donors (Lipinski definition) is 1. The van der Waals surface area contributed by atoms with Crippen molar-refractivity contribution < 1.29 is 14.7 Å². The minimum Gasteiger partial charge on any atom is -0.392 e. The van der Waals surface area contributed by atoms with E-state index in [0.29, 0.717) is 13.0 Å². The van der Waals surface area contributed by atoms with Gasteiger partial charge in [-0.25, -0.2) is 0 Å². The van der Waals surface area contributed by atoms with Crippen molar-refractivity contribution in [2.75, 3.05) is 19.8 Å². The van der Waals surface area contributed by atoms with E-state index in [1.165, 1.54) is 83.5 Å². The molecule has 1 N–H and O–H groups in total. The van der Waals surface area contributed by atoms with Crippen LogP contribution in [0.3, 0.4) is 0 Å². The second kappa shape index (κ2) is 16.4. The largest absolute Gasteiger partial charge is 0.392 e. The van der Waals surface area contributed by atoms with Gasteiger partial charge in [-0.3, -0.25) is 0 Å². The van der Waals surface area contributed by atoms with E-state index in [0.717, 1.165) is 25.2 Å². The highest BCUT2D eigenvalue weighted by Gasteiger charge is 2.38. The Kier molecular flexibility index (Phi) is 14.8. The van der Waals surface area contributed by atoms with Crippen LogP contribution in [0.5, 0.6) is 0 Å². The molecule has 1 atom stereocenters. The summed E-state index contributed by atoms with van der Waals surface area (Å²) in [4.78, 5) is 5.43. The zero-order valence-electron chi connectivity index (χ0n) is 18.1. The second-order valence-electron chi connectivity index (χ2n) is 8.27. The van der Waals surface area contributed by atoms with Crippen LogP contribution in [-0.4, -0.2) is 36.2 Å². The van der Waals surface area contributed by atoms with Gasteiger partial charge in [-0.15, -0.1) is 0 Å². The first kappa shape index (κ1) is 24.4. The van der Waals surface area contributed by atoms with Crippen LogP contribution in [0.1, 0.15) is 117 Å². The lowest BCUT2D eigenvalue weighted by Crippen LogP contribution is -2.39. The second-order valence-corrected chi connectivity index (χ2v) is 8.27. The molecular formula is C23H45NO3. The number of hydrogen-bond acceptors (Lipinski definition) is 4. The van der Waals surface area contributed by atoms with Gasteiger partial charge >= 0.3 is 0 Å². The van der Waals surface area contributed by atoms with Crippen LogP contribution in [0.4, 0.5) is 0 Å². The number of rotatable bonds is 19. The van der Waals surface area contributed by atoms with E-state index in [9.17, 15) is 5.11 Å². The van der Waals surface area contributed by atoms with Gasteiger partial charge in [0.05, 0.1) is 18.9 Å². The first-order chi connectivity index (χ1) is 13.3. The Bertz CT molecular complexity index is 373. The smallest absolute Gasteiger partial charge is 0.188 e. The molecule has 0 aromatic heterocycles. The molecule has 1 aliphatic rings. The van der Waals surface area contributed by atoms with Gasteiger partial charge in [-0.1, -0.05) is 102 Å². The van der Waals surface area contributed by atoms with E-state index in [4.69, 9.17) is 9.57 Å². The maximum absolute atomic E-state index is 9.58. The summed E-state index contributed by atoms with van der Waals surface area (Å²) >= 11 is 0. The van der Waals surface area contributed by atoms with Crippen molar-refractivity contribution in [3.8, 4) is 0 Å². The van der Waals surface area contributed by atoms with Gasteiger partial charge in [0.1, 0.15) is 0 Å². The zero-order chi connectivity index (χ0) is 19.6. The van der Waals surface area contributed by atoms with Gasteiger partial charge < -0.3 is 14.7 Å². The van der Waals surface area contributed by atoms with Gasteiger partial charge in [0.25, 0.3) is 0 Å². The molecule has 4 nitrogen and oxygen atoms in total. The summed E-state index contributed by atoms with van der Waals surface area (Å²) in [7, 11) is 0. The summed E-state index contributed by atoms with van der Waals surface area (Å²) < 4.78 is 5.75. The Balaban J connectivity index is 1.80. The fourth-order valence-corrected chi connectivity index (χ4v) is 3.65. The molecule has 4 heteroatoms. The van der Waals surface area contributed by atoms with Gasteiger partial charge in [0.2, 0.25) is 0 Å². The van der Waals surface area contributed by atoms with Crippen LogP contribution in [-0.2, 0) is 9.57 Å². The third-order valence-corrected chi connectivity index (χ3v) is 5.60. The van der Waals surface area contributed by atoms with Crippen molar-refractivity contribution >= 4 is 5.71 Å². The van der Waals surface area contributed by atoms with Crippen LogP contribution in [0.25, 0.3) is 0 Å². The molecule has 1 aliphatic heterocycles. The molecule has 0 saturated heterocycles. The third-order valence-electron chi connectivity index (χ3n) is 5.60. The van der Waals surface area contributed by atoms with Crippen molar-refractivity contribution in [1.29, 1.82) is 0 Å². The highest BCUT2D eigenvalue weighted by atomic mass is 16.7. The standard InChI is InChI=1S/C23H45NO3/c1-3-5-6-7-8-9-10-11-12-13-14-15-16-17-18-26-21-23(20-25)19-22(4-2)24-27-23/h25H,3-21H2,1-2H3/t23-/m0/s1. The molecule has 1 rings (SSSR count). The lowest BCUT2D eigenvalue weighted by molar-refractivity contribution is -0.105. The average molecular weight is 384 g/mol. The molecule has 0 fully saturated rings. The SMILES string of the molecule is CCCCCCCCCCCCCCCCOC[C@@]1(CO)CC(CC)=NO1. The Morgan fingerprint density at radius 2 is 1.37 bits per heavy atom. The van der Waals surface area contributed by atoms with Crippen LogP contribution in [0.2, 0.25) is 0 Å². The summed E-state index contributed by atoms with van der Waals surface area (Å²) in [5.41, 5.74) is 0.394. The number of aliphatic hydroxyl groups excluding tert-OH is 1. The van der Waals surface area contributed by atoms with Gasteiger partial charge in [0, 0.05) is 13.0 Å². The zero-order valence-corrected chi connectivity index (χ0v) is 18.1. The Labute approximate surface area is 168 Å². The molecule has 0 aliphatic carbocycles. The van der Waals surface area contributed by atoms with E-state index in [2.05, 4.69) is 19.0 Å². The number of nitrogens with zero attached hydrogens (tertiary/aromatic N) is 1. The molecule has 0 saturated carbocycles. The minimum atomic E-state index is -0.624. The van der Waals surface area contributed by atoms with E-state index in [1.807, 2.05) is 0 Å². The van der Waals surface area contributed by atoms with Crippen LogP contribution in [0.15, 0.2) is 5.16 Å². The lowest BCUT2D eigenvalue weighted by Gasteiger charge is -2.23. The highest BCUT2D eigenvalue weighted by molar-refractivity contribution is 5.85. The van der Waals surface area contributed by atoms with Crippen LogP contribution < -0.4 is 0 Å². The van der Waals surface area contributed by atoms with Gasteiger partial charge in [-0.2, -0.15) is 0 Å². The molecule has 0 unspecified atom stereocenters. The summed E-state index contributed by atoms with van der Waals surface area (Å²) in [6, 6.07) is 0. The number of oxime groups is 1. The highest BCUT2D eigenvalue weighted by Crippen LogP contribution is 2.25. The summed E-state index contributed by atoms with van der Waals surface area (Å²) in [6.07, 6.45) is 20.7. The Hall–Kier alpha value is -0.610. The lowest BCUT2D eigenvalue weighted by atomic mass is 9.98. The molecule has 1 heterocycles. The normalized spacial score (nSPS) is 19.3. The van der Waals surface area contributed by atoms with Crippen LogP contribution in [0, 0.1) is 0 Å². The molecule has 27 heavy (non-hydrogen) atoms. The van der Waals surface area contributed by atoms with E-state index < -0.39 is 5.60 Å².